The Bertz CT molecular complexity index is 3670. The lowest BCUT2D eigenvalue weighted by Gasteiger charge is -2.27. The first kappa shape index (κ1) is 97.8. The van der Waals surface area contributed by atoms with Crippen LogP contribution in [0.15, 0.2) is 97.6 Å². The summed E-state index contributed by atoms with van der Waals surface area (Å²) in [6.45, 7) is 9.57. The number of nitrogens with zero attached hydrogens (tertiary/aromatic N) is 2. The molecule has 117 heavy (non-hydrogen) atoms. The Labute approximate surface area is 692 Å². The van der Waals surface area contributed by atoms with Gasteiger partial charge in [0.2, 0.25) is 71.5 Å². The fourth-order valence-electron chi connectivity index (χ4n) is 13.5. The number of carbonyl (C=O) groups is 12. The lowest BCUT2D eigenvalue weighted by atomic mass is 10.0. The third kappa shape index (κ3) is 41.2. The maximum atomic E-state index is 15.0. The molecule has 30 heteroatoms. The van der Waals surface area contributed by atoms with Crippen LogP contribution in [0.1, 0.15) is 257 Å². The van der Waals surface area contributed by atoms with E-state index in [1.54, 1.807) is 36.5 Å². The Morgan fingerprint density at radius 3 is 1.53 bits per heavy atom. The minimum absolute atomic E-state index is 0.0189. The molecule has 30 nitrogen and oxygen atoms in total. The van der Waals surface area contributed by atoms with E-state index in [4.69, 9.17) is 10.5 Å². The number of rotatable bonds is 64. The minimum Gasteiger partial charge on any atom is -0.368 e. The van der Waals surface area contributed by atoms with Gasteiger partial charge in [-0.3, -0.25) is 57.5 Å². The van der Waals surface area contributed by atoms with Crippen LogP contribution in [0.3, 0.4) is 0 Å². The number of hydrogen-bond acceptors (Lipinski definition) is 16. The molecule has 1 aliphatic rings. The number of imidazole rings is 1. The number of aromatic nitrogens is 3. The number of allylic oxidation sites excluding steroid dienone is 4. The fraction of sp³-hybridized carbons (Fsp3) is 0.621. The molecule has 8 atom stereocenters. The smallest absolute Gasteiger partial charge is 0.265 e. The second-order valence-electron chi connectivity index (χ2n) is 30.5. The van der Waals surface area contributed by atoms with Gasteiger partial charge in [0.25, 0.3) is 11.8 Å². The van der Waals surface area contributed by atoms with Crippen LogP contribution in [0.25, 0.3) is 10.9 Å². The molecular weight excluding hydrogens is 1490 g/mol. The number of benzene rings is 2. The van der Waals surface area contributed by atoms with Crippen molar-refractivity contribution in [3.8, 4) is 0 Å². The first-order chi connectivity index (χ1) is 56.7. The molecule has 3 heterocycles. The van der Waals surface area contributed by atoms with Crippen molar-refractivity contribution in [2.75, 3.05) is 39.3 Å². The Hall–Kier alpha value is -9.81. The van der Waals surface area contributed by atoms with E-state index in [9.17, 15) is 57.5 Å². The van der Waals surface area contributed by atoms with E-state index in [0.717, 1.165) is 107 Å². The number of para-hydroxylation sites is 1. The number of nitrogens with two attached hydrogens (primary N) is 1. The van der Waals surface area contributed by atoms with Crippen LogP contribution in [0.2, 0.25) is 0 Å². The third-order valence-corrected chi connectivity index (χ3v) is 20.3. The molecule has 2 unspecified atom stereocenters. The minimum atomic E-state index is -1.46. The van der Waals surface area contributed by atoms with Crippen LogP contribution in [-0.4, -0.2) is 179 Å². The number of H-pyrrole nitrogens is 2. The van der Waals surface area contributed by atoms with Crippen LogP contribution in [0.5, 0.6) is 0 Å². The van der Waals surface area contributed by atoms with Crippen LogP contribution in [-0.2, 0) is 81.5 Å². The zero-order valence-electron chi connectivity index (χ0n) is 70.1. The van der Waals surface area contributed by atoms with Crippen LogP contribution < -0.4 is 69.6 Å². The van der Waals surface area contributed by atoms with E-state index in [2.05, 4.69) is 117 Å². The average molecular weight is 1630 g/mol. The Balaban J connectivity index is 1.23. The van der Waals surface area contributed by atoms with E-state index in [1.807, 2.05) is 31.2 Å². The molecule has 0 aliphatic carbocycles. The summed E-state index contributed by atoms with van der Waals surface area (Å²) in [5.74, 6) is -7.04. The van der Waals surface area contributed by atoms with E-state index in [-0.39, 0.29) is 70.0 Å². The van der Waals surface area contributed by atoms with Gasteiger partial charge in [0.15, 0.2) is 0 Å². The number of fused-ring (bicyclic) bond motifs is 1. The normalized spacial score (nSPS) is 15.0. The number of hydrogen-bond donors (Lipinski definition) is 15. The van der Waals surface area contributed by atoms with Gasteiger partial charge in [0.1, 0.15) is 36.3 Å². The largest absolute Gasteiger partial charge is 0.368 e. The monoisotopic (exact) mass is 1630 g/mol. The van der Waals surface area contributed by atoms with E-state index >= 15 is 0 Å². The van der Waals surface area contributed by atoms with Gasteiger partial charge in [0.05, 0.1) is 12.9 Å². The van der Waals surface area contributed by atoms with Gasteiger partial charge < -0.3 is 78.9 Å². The Morgan fingerprint density at radius 1 is 0.470 bits per heavy atom. The summed E-state index contributed by atoms with van der Waals surface area (Å²) in [7, 11) is 0. The maximum Gasteiger partial charge on any atom is 0.265 e. The van der Waals surface area contributed by atoms with Crippen molar-refractivity contribution in [3.05, 3.63) is 114 Å². The van der Waals surface area contributed by atoms with Gasteiger partial charge in [-0.05, 0) is 127 Å². The van der Waals surface area contributed by atoms with Crippen molar-refractivity contribution in [3.63, 3.8) is 0 Å². The SMILES string of the molecule is CCCCCC/C=C\CCCCCCCC(=O)NCCCNC(=O)C1NN(CC(=O)NCCCC[C@H](NC(=O)[C@@H](Cc2ccccc2)NC(=O)[C@H](Cc2cnc[nH]2)NC(=O)[C@H](C)NC(=O)[C@H](CCCC)NC(C)=O)C(=O)N[C@@H](Cc2c[nH]c3ccccc23)C(N)=O)C(C(=O)NCCCNC(=O)CCCCCCC/C=C\CCCCCC)O1. The van der Waals surface area contributed by atoms with E-state index < -0.39 is 114 Å². The molecular formula is C87H137N17O13. The molecule has 0 radical (unpaired) electrons. The Kier molecular flexibility index (Phi) is 49.3. The number of aromatic amines is 2. The molecule has 0 bridgehead atoms. The van der Waals surface area contributed by atoms with Crippen LogP contribution in [0, 0.1) is 0 Å². The summed E-state index contributed by atoms with van der Waals surface area (Å²) in [4.78, 5) is 174. The molecule has 0 spiro atoms. The van der Waals surface area contributed by atoms with Crippen molar-refractivity contribution in [1.82, 2.24) is 83.9 Å². The average Bonchev–Trinajstić information content (AvgIpc) is 1.70. The highest BCUT2D eigenvalue weighted by molar-refractivity contribution is 5.97. The fourth-order valence-corrected chi connectivity index (χ4v) is 13.5. The molecule has 1 saturated heterocycles. The quantitative estimate of drug-likeness (QED) is 0.0147. The van der Waals surface area contributed by atoms with E-state index in [1.165, 1.54) is 82.7 Å². The van der Waals surface area contributed by atoms with Gasteiger partial charge in [-0.2, -0.15) is 5.01 Å². The summed E-state index contributed by atoms with van der Waals surface area (Å²) in [6.07, 6.45) is 38.9. The van der Waals surface area contributed by atoms with Crippen molar-refractivity contribution >= 4 is 81.8 Å². The molecule has 12 amide bonds. The van der Waals surface area contributed by atoms with Crippen molar-refractivity contribution in [2.24, 2.45) is 5.73 Å². The van der Waals surface area contributed by atoms with Crippen molar-refractivity contribution < 1.29 is 62.3 Å². The summed E-state index contributed by atoms with van der Waals surface area (Å²) in [5, 5.41) is 32.6. The standard InChI is InChI=1S/C87H137N17O13/c1-6-9-12-14-16-18-20-22-24-26-28-30-35-49-75(106)90-52-41-54-93-84(115)86-103-104(87(117-86)85(116)94-55-42-53-91-76(107)50-36-31-29-27-25-23-21-19-17-15-13-10-7-2)61-77(108)92-51-40-39-48-71(81(112)100-72(78(88)109)57-66-59-95-69-47-38-37-45-68(66)69)99-82(113)73(56-65-43-33-32-34-44-65)102-83(114)74(58-67-60-89-62-96-67)101-79(110)63(4)97-80(111)70(46-11-8-3)98-64(5)105/h18-21,32-34,37-38,43-45,47,59-60,62-63,70-74,86-87,95,103H,6-17,22-31,35-36,39-42,46,48-58,61H2,1-5H3,(H2,88,109)(H,89,96)(H,90,106)(H,91,107)(H,92,108)(H,93,115)(H,94,116)(H,97,111)(H,98,105)(H,99,113)(H,100,112)(H,101,110)(H,102,114)/b20-18-,21-19-/t63-,70-,71-,72-,73+,74-,86?,87?/m0/s1. The zero-order chi connectivity index (χ0) is 84.6. The molecule has 648 valence electrons. The number of unbranched alkanes of at least 4 members (excludes halogenated alkanes) is 20. The number of primary amides is 1. The van der Waals surface area contributed by atoms with E-state index in [0.29, 0.717) is 68.4 Å². The lowest BCUT2D eigenvalue weighted by molar-refractivity contribution is -0.144. The topological polar surface area (TPSA) is 432 Å². The summed E-state index contributed by atoms with van der Waals surface area (Å²) < 4.78 is 5.99. The highest BCUT2D eigenvalue weighted by atomic mass is 16.6. The van der Waals surface area contributed by atoms with Crippen molar-refractivity contribution in [2.45, 2.75) is 308 Å². The number of ether oxygens (including phenoxy) is 1. The van der Waals surface area contributed by atoms with Gasteiger partial charge in [-0.15, -0.1) is 0 Å². The molecule has 0 saturated carbocycles. The molecule has 16 N–H and O–H groups in total. The third-order valence-electron chi connectivity index (χ3n) is 20.3. The second kappa shape index (κ2) is 58.9. The first-order valence-corrected chi connectivity index (χ1v) is 43.2. The highest BCUT2D eigenvalue weighted by Crippen LogP contribution is 2.21. The second-order valence-corrected chi connectivity index (χ2v) is 30.5. The predicted octanol–water partition coefficient (Wildman–Crippen LogP) is 8.08. The molecule has 2 aromatic heterocycles. The number of carbonyl (C=O) groups excluding carboxylic acids is 12. The van der Waals surface area contributed by atoms with Crippen molar-refractivity contribution in [1.29, 1.82) is 0 Å². The molecule has 4 aromatic rings. The lowest BCUT2D eigenvalue weighted by Crippen LogP contribution is -2.60. The number of hydrazine groups is 1. The molecule has 1 fully saturated rings. The summed E-state index contributed by atoms with van der Waals surface area (Å²) in [5.41, 5.74) is 11.4. The first-order valence-electron chi connectivity index (χ1n) is 43.2. The van der Waals surface area contributed by atoms with Gasteiger partial charge >= 0.3 is 0 Å². The molecule has 5 rings (SSSR count). The summed E-state index contributed by atoms with van der Waals surface area (Å²) >= 11 is 0. The number of amides is 12. The van der Waals surface area contributed by atoms with Gasteiger partial charge in [-0.1, -0.05) is 183 Å². The van der Waals surface area contributed by atoms with Crippen LogP contribution in [0.4, 0.5) is 0 Å². The summed E-state index contributed by atoms with van der Waals surface area (Å²) in [6, 6.07) is 8.59. The number of nitrogens with one attached hydrogen (secondary N) is 14. The highest BCUT2D eigenvalue weighted by Gasteiger charge is 2.42. The molecule has 2 aromatic carbocycles. The zero-order valence-corrected chi connectivity index (χ0v) is 70.1. The van der Waals surface area contributed by atoms with Crippen LogP contribution >= 0.6 is 0 Å². The molecule has 1 aliphatic heterocycles. The predicted molar refractivity (Wildman–Crippen MR) is 453 cm³/mol. The van der Waals surface area contributed by atoms with Gasteiger partial charge in [-0.25, -0.2) is 10.4 Å². The van der Waals surface area contributed by atoms with Gasteiger partial charge in [0, 0.05) is 101 Å². The maximum absolute atomic E-state index is 15.0. The Morgan fingerprint density at radius 2 is 0.949 bits per heavy atom.